The van der Waals surface area contributed by atoms with E-state index in [2.05, 4.69) is 23.1 Å². The van der Waals surface area contributed by atoms with Gasteiger partial charge in [0.2, 0.25) is 0 Å². The van der Waals surface area contributed by atoms with Crippen molar-refractivity contribution in [3.8, 4) is 11.5 Å². The van der Waals surface area contributed by atoms with E-state index in [0.717, 1.165) is 27.8 Å². The summed E-state index contributed by atoms with van der Waals surface area (Å²) in [6.45, 7) is 20.0. The number of hydrogen-bond acceptors (Lipinski definition) is 2. The molecule has 0 saturated heterocycles. The maximum Gasteiger partial charge on any atom is 0.121 e. The molecule has 0 saturated carbocycles. The van der Waals surface area contributed by atoms with Gasteiger partial charge in [-0.05, 0) is 54.7 Å². The van der Waals surface area contributed by atoms with Gasteiger partial charge in [-0.15, -0.1) is 9.24 Å². The van der Waals surface area contributed by atoms with Crippen LogP contribution in [0.2, 0.25) is 0 Å². The molecule has 0 radical (unpaired) electrons. The Morgan fingerprint density at radius 2 is 1.08 bits per heavy atom. The van der Waals surface area contributed by atoms with Crippen molar-refractivity contribution in [3.63, 3.8) is 0 Å². The summed E-state index contributed by atoms with van der Waals surface area (Å²) < 4.78 is 0. The summed E-state index contributed by atoms with van der Waals surface area (Å²) in [7, 11) is 2.42. The largest absolute Gasteiger partial charge is 0.508 e. The molecule has 2 aromatic rings. The summed E-state index contributed by atoms with van der Waals surface area (Å²) in [5.74, 6) is 0.689. The molecule has 2 aromatic carbocycles. The second-order valence-corrected chi connectivity index (χ2v) is 6.08. The molecule has 0 aromatic heterocycles. The van der Waals surface area contributed by atoms with Gasteiger partial charge in [0.25, 0.3) is 0 Å². The smallest absolute Gasteiger partial charge is 0.121 e. The molecule has 0 heterocycles. The van der Waals surface area contributed by atoms with Gasteiger partial charge in [-0.3, -0.25) is 0 Å². The van der Waals surface area contributed by atoms with E-state index in [1.165, 1.54) is 0 Å². The third-order valence-electron chi connectivity index (χ3n) is 4.13. The van der Waals surface area contributed by atoms with E-state index in [9.17, 15) is 10.2 Å². The van der Waals surface area contributed by atoms with E-state index in [4.69, 9.17) is 0 Å². The van der Waals surface area contributed by atoms with E-state index < -0.39 is 0 Å². The predicted molar refractivity (Wildman–Crippen MR) is 121 cm³/mol. The predicted octanol–water partition coefficient (Wildman–Crippen LogP) is 6.89. The molecule has 3 heteroatoms. The van der Waals surface area contributed by atoms with Gasteiger partial charge in [0.05, 0.1) is 0 Å². The van der Waals surface area contributed by atoms with E-state index in [-0.39, 0.29) is 5.41 Å². The number of aromatic hydroxyl groups is 2. The van der Waals surface area contributed by atoms with E-state index >= 15 is 0 Å². The molecule has 26 heavy (non-hydrogen) atoms. The molecule has 0 aliphatic carbocycles. The van der Waals surface area contributed by atoms with Crippen molar-refractivity contribution >= 4 is 9.24 Å². The Kier molecular flexibility index (Phi) is 13.1. The van der Waals surface area contributed by atoms with Gasteiger partial charge in [0.1, 0.15) is 11.5 Å². The molecule has 0 aliphatic rings. The van der Waals surface area contributed by atoms with E-state index in [1.807, 2.05) is 79.4 Å². The van der Waals surface area contributed by atoms with Crippen LogP contribution in [-0.4, -0.2) is 16.9 Å². The van der Waals surface area contributed by atoms with Crippen LogP contribution in [0.4, 0.5) is 0 Å². The lowest BCUT2D eigenvalue weighted by atomic mass is 9.76. The summed E-state index contributed by atoms with van der Waals surface area (Å²) in [4.78, 5) is 0. The van der Waals surface area contributed by atoms with Crippen LogP contribution in [0, 0.1) is 20.8 Å². The quantitative estimate of drug-likeness (QED) is 0.558. The van der Waals surface area contributed by atoms with Gasteiger partial charge in [0, 0.05) is 5.41 Å². The fourth-order valence-electron chi connectivity index (χ4n) is 2.53. The first-order valence-corrected chi connectivity index (χ1v) is 10.6. The van der Waals surface area contributed by atoms with Crippen LogP contribution in [-0.2, 0) is 5.41 Å². The molecular weight excluding hydrogens is 339 g/mol. The molecule has 0 spiro atoms. The highest BCUT2D eigenvalue weighted by Gasteiger charge is 2.25. The van der Waals surface area contributed by atoms with Crippen molar-refractivity contribution < 1.29 is 10.2 Å². The van der Waals surface area contributed by atoms with Crippen molar-refractivity contribution in [2.24, 2.45) is 0 Å². The molecule has 1 unspecified atom stereocenters. The number of benzene rings is 2. The van der Waals surface area contributed by atoms with Gasteiger partial charge in [-0.25, -0.2) is 0 Å². The summed E-state index contributed by atoms with van der Waals surface area (Å²) in [6.07, 6.45) is 0. The van der Waals surface area contributed by atoms with E-state index in [1.54, 1.807) is 6.07 Å². The molecule has 0 bridgehead atoms. The van der Waals surface area contributed by atoms with Crippen molar-refractivity contribution in [1.82, 2.24) is 0 Å². The van der Waals surface area contributed by atoms with Crippen LogP contribution in [0.5, 0.6) is 11.5 Å². The zero-order chi connectivity index (χ0) is 21.1. The van der Waals surface area contributed by atoms with E-state index in [0.29, 0.717) is 11.5 Å². The van der Waals surface area contributed by atoms with Gasteiger partial charge < -0.3 is 10.2 Å². The molecule has 0 aliphatic heterocycles. The van der Waals surface area contributed by atoms with Crippen molar-refractivity contribution in [2.75, 3.05) is 6.66 Å². The molecule has 2 nitrogen and oxygen atoms in total. The third kappa shape index (κ3) is 6.65. The minimum absolute atomic E-state index is 0.179. The monoisotopic (exact) mass is 378 g/mol. The fraction of sp³-hybridized carbons (Fsp3) is 0.478. The molecule has 0 amide bonds. The Morgan fingerprint density at radius 1 is 0.692 bits per heavy atom. The minimum Gasteiger partial charge on any atom is -0.508 e. The molecule has 2 rings (SSSR count). The summed E-state index contributed by atoms with van der Waals surface area (Å²) in [6, 6.07) is 9.79. The number of phenols is 2. The van der Waals surface area contributed by atoms with Gasteiger partial charge in [0.15, 0.2) is 0 Å². The average Bonchev–Trinajstić information content (AvgIpc) is 2.66. The molecule has 0 fully saturated rings. The van der Waals surface area contributed by atoms with Crippen LogP contribution >= 0.6 is 9.24 Å². The highest BCUT2D eigenvalue weighted by Crippen LogP contribution is 2.36. The van der Waals surface area contributed by atoms with Crippen LogP contribution in [0.1, 0.15) is 69.4 Å². The Bertz CT molecular complexity index is 638. The Labute approximate surface area is 163 Å². The van der Waals surface area contributed by atoms with Gasteiger partial charge >= 0.3 is 0 Å². The lowest BCUT2D eigenvalue weighted by molar-refractivity contribution is 0.465. The topological polar surface area (TPSA) is 40.5 Å². The maximum absolute atomic E-state index is 9.91. The zero-order valence-corrected chi connectivity index (χ0v) is 19.5. The lowest BCUT2D eigenvalue weighted by Gasteiger charge is -2.28. The van der Waals surface area contributed by atoms with Crippen LogP contribution in [0.25, 0.3) is 0 Å². The van der Waals surface area contributed by atoms with Crippen LogP contribution < -0.4 is 0 Å². The number of phenolic OH excluding ortho intramolecular Hbond substituents is 2. The van der Waals surface area contributed by atoms with Gasteiger partial charge in [-0.2, -0.15) is 0 Å². The Hall–Kier alpha value is -1.53. The van der Waals surface area contributed by atoms with Crippen LogP contribution in [0.15, 0.2) is 30.3 Å². The summed E-state index contributed by atoms with van der Waals surface area (Å²) >= 11 is 0. The second kappa shape index (κ2) is 12.8. The highest BCUT2D eigenvalue weighted by atomic mass is 31.0. The summed E-state index contributed by atoms with van der Waals surface area (Å²) in [5, 5.41) is 19.6. The third-order valence-corrected chi connectivity index (χ3v) is 4.13. The van der Waals surface area contributed by atoms with Crippen molar-refractivity contribution in [1.29, 1.82) is 0 Å². The van der Waals surface area contributed by atoms with Crippen LogP contribution in [0.3, 0.4) is 0 Å². The second-order valence-electron chi connectivity index (χ2n) is 6.08. The molecular formula is C23H39O2P. The lowest BCUT2D eigenvalue weighted by Crippen LogP contribution is -2.19. The zero-order valence-electron chi connectivity index (χ0n) is 18.4. The summed E-state index contributed by atoms with van der Waals surface area (Å²) in [5.41, 5.74) is 4.80. The molecule has 2 N–H and O–H groups in total. The Morgan fingerprint density at radius 3 is 1.46 bits per heavy atom. The first kappa shape index (κ1) is 26.7. The molecule has 1 atom stereocenters. The number of rotatable bonds is 2. The highest BCUT2D eigenvalue weighted by molar-refractivity contribution is 7.15. The number of hydrogen-bond donors (Lipinski definition) is 2. The minimum atomic E-state index is -0.179. The number of aryl methyl sites for hydroxylation is 3. The van der Waals surface area contributed by atoms with Crippen molar-refractivity contribution in [3.05, 3.63) is 58.1 Å². The fourth-order valence-corrected chi connectivity index (χ4v) is 2.53. The average molecular weight is 379 g/mol. The Balaban J connectivity index is 0. The van der Waals surface area contributed by atoms with Gasteiger partial charge in [-0.1, -0.05) is 72.5 Å². The van der Waals surface area contributed by atoms with Crippen molar-refractivity contribution in [2.45, 2.75) is 67.7 Å². The standard InChI is InChI=1S/C18H22O2.2C2H6.CH5P/c1-11-8-14(6-7-16(11)19)18(4,5)15-9-12(2)17(20)13(3)10-15;3*1-2/h6-10,19-20H,1-5H3;2*1-2H3;2H2,1H3. The maximum atomic E-state index is 9.91. The normalized spacial score (nSPS) is 9.65. The SMILES string of the molecule is CC.CC.CP.Cc1cc(C(C)(C)c2cc(C)c(O)c(C)c2)ccc1O. The first-order valence-electron chi connectivity index (χ1n) is 9.42. The first-order chi connectivity index (χ1) is 12.2. The molecule has 148 valence electrons.